The molecular weight excluding hydrogens is 718 g/mol. The summed E-state index contributed by atoms with van der Waals surface area (Å²) in [5.41, 5.74) is 14.2. The third-order valence-electron chi connectivity index (χ3n) is 8.79. The molecule has 0 aliphatic heterocycles. The van der Waals surface area contributed by atoms with Gasteiger partial charge in [-0.05, 0) is 35.8 Å². The summed E-state index contributed by atoms with van der Waals surface area (Å²) < 4.78 is 0. The Bertz CT molecular complexity index is 1470. The van der Waals surface area contributed by atoms with Gasteiger partial charge in [-0.25, -0.2) is 0 Å². The van der Waals surface area contributed by atoms with Crippen LogP contribution in [0.3, 0.4) is 0 Å². The molecule has 2 unspecified atom stereocenters. The van der Waals surface area contributed by atoms with Crippen molar-refractivity contribution in [3.63, 3.8) is 0 Å². The van der Waals surface area contributed by atoms with Crippen LogP contribution in [0.25, 0.3) is 12.2 Å². The molecule has 4 aromatic carbocycles. The summed E-state index contributed by atoms with van der Waals surface area (Å²) in [6, 6.07) is 27.0. The number of allylic oxidation sites excluding steroid dienone is 6. The molecule has 2 atom stereocenters. The van der Waals surface area contributed by atoms with Crippen LogP contribution in [0.15, 0.2) is 109 Å². The summed E-state index contributed by atoms with van der Waals surface area (Å²) in [6.45, 7) is 9.60. The van der Waals surface area contributed by atoms with E-state index >= 15 is 0 Å². The molecule has 0 bridgehead atoms. The van der Waals surface area contributed by atoms with E-state index in [9.17, 15) is 0 Å². The van der Waals surface area contributed by atoms with Crippen molar-refractivity contribution >= 4 is 12.2 Å². The molecule has 0 aromatic heterocycles. The number of rotatable bonds is 6. The molecule has 3 heteroatoms. The van der Waals surface area contributed by atoms with Gasteiger partial charge in [0.25, 0.3) is 0 Å². The van der Waals surface area contributed by atoms with Gasteiger partial charge >= 0.3 is 25.8 Å². The Kier molecular flexibility index (Phi) is 11.6. The second-order valence-electron chi connectivity index (χ2n) is 11.4. The Balaban J connectivity index is 0.00000161. The van der Waals surface area contributed by atoms with Crippen LogP contribution in [-0.2, 0) is 44.1 Å². The van der Waals surface area contributed by atoms with E-state index in [2.05, 4.69) is 149 Å². The van der Waals surface area contributed by atoms with Gasteiger partial charge in [0.15, 0.2) is 0 Å². The summed E-state index contributed by atoms with van der Waals surface area (Å²) >= 11 is 0. The van der Waals surface area contributed by atoms with E-state index in [1.165, 1.54) is 55.6 Å². The van der Waals surface area contributed by atoms with Crippen LogP contribution < -0.4 is 24.8 Å². The topological polar surface area (TPSA) is 0 Å². The monoisotopic (exact) mass is 756 g/mol. The van der Waals surface area contributed by atoms with E-state index in [0.717, 1.165) is 12.8 Å². The minimum atomic E-state index is -0.171. The van der Waals surface area contributed by atoms with Crippen LogP contribution in [0.5, 0.6) is 0 Å². The van der Waals surface area contributed by atoms with Gasteiger partial charge in [0.1, 0.15) is 0 Å². The number of benzene rings is 2. The van der Waals surface area contributed by atoms with E-state index in [4.69, 9.17) is 0 Å². The van der Waals surface area contributed by atoms with E-state index in [1.54, 1.807) is 0 Å². The minimum absolute atomic E-state index is 0. The van der Waals surface area contributed by atoms with Crippen LogP contribution in [0.4, 0.5) is 0 Å². The zero-order chi connectivity index (χ0) is 27.0. The van der Waals surface area contributed by atoms with Crippen molar-refractivity contribution in [1.82, 2.24) is 0 Å². The van der Waals surface area contributed by atoms with Gasteiger partial charge in [0.05, 0.1) is 0 Å². The van der Waals surface area contributed by atoms with Crippen molar-refractivity contribution in [3.8, 4) is 0 Å². The normalized spacial score (nSPS) is 16.8. The van der Waals surface area contributed by atoms with Crippen LogP contribution >= 0.6 is 0 Å². The molecule has 212 valence electrons. The number of fused-ring (bicyclic) bond motifs is 2. The van der Waals surface area contributed by atoms with E-state index in [-0.39, 0.29) is 67.9 Å². The molecule has 0 radical (unpaired) electrons. The number of hydrogen-bond donors (Lipinski definition) is 0. The van der Waals surface area contributed by atoms with Crippen LogP contribution in [-0.4, -0.2) is 0 Å². The van der Waals surface area contributed by atoms with Gasteiger partial charge in [0.2, 0.25) is 0 Å². The first-order chi connectivity index (χ1) is 19.0. The molecule has 4 aromatic rings. The molecule has 0 fully saturated rings. The molecule has 0 N–H and O–H groups in total. The van der Waals surface area contributed by atoms with E-state index < -0.39 is 0 Å². The van der Waals surface area contributed by atoms with Gasteiger partial charge in [-0.1, -0.05) is 118 Å². The molecule has 2 aliphatic rings. The second-order valence-corrected chi connectivity index (χ2v) is 11.4. The van der Waals surface area contributed by atoms with Gasteiger partial charge in [-0.2, -0.15) is 22.3 Å². The van der Waals surface area contributed by atoms with Crippen molar-refractivity contribution in [2.45, 2.75) is 57.8 Å². The average Bonchev–Trinajstić information content (AvgIpc) is 3.38. The summed E-state index contributed by atoms with van der Waals surface area (Å²) in [7, 11) is 0. The molecule has 0 spiro atoms. The smallest absolute Gasteiger partial charge is 1.00 e. The zero-order valence-electron chi connectivity index (χ0n) is 24.9. The molecular formula is C39H38Cl2Hf. The Morgan fingerprint density at radius 1 is 0.595 bits per heavy atom. The predicted octanol–water partition coefficient (Wildman–Crippen LogP) is 4.01. The van der Waals surface area contributed by atoms with Crippen molar-refractivity contribution in [1.29, 1.82) is 0 Å². The quantitative estimate of drug-likeness (QED) is 0.207. The molecule has 0 saturated carbocycles. The fourth-order valence-corrected chi connectivity index (χ4v) is 7.15. The maximum Gasteiger partial charge on any atom is 4.00 e. The average molecular weight is 756 g/mol. The third-order valence-corrected chi connectivity index (χ3v) is 8.79. The Morgan fingerprint density at radius 3 is 1.33 bits per heavy atom. The second kappa shape index (κ2) is 14.3. The molecule has 0 heterocycles. The van der Waals surface area contributed by atoms with E-state index in [0.29, 0.717) is 0 Å². The van der Waals surface area contributed by atoms with Gasteiger partial charge in [0, 0.05) is 0 Å². The number of aryl methyl sites for hydroxylation is 2. The van der Waals surface area contributed by atoms with Crippen molar-refractivity contribution in [3.05, 3.63) is 165 Å². The third kappa shape index (κ3) is 5.99. The van der Waals surface area contributed by atoms with Crippen molar-refractivity contribution in [2.24, 2.45) is 0 Å². The largest absolute Gasteiger partial charge is 4.00 e. The summed E-state index contributed by atoms with van der Waals surface area (Å²) in [6.07, 6.45) is 20.4. The Morgan fingerprint density at radius 2 is 0.976 bits per heavy atom. The SMILES string of the molecule is CCc1[cH-]c2c(c1C(C)(C)c1c(CC)[cH-]c3c1C(c1ccccc1)C=CC=C3)C(c1ccccc1)C=CC=C2.[Cl-].[Cl-].[Hf+4]. The summed E-state index contributed by atoms with van der Waals surface area (Å²) in [5, 5.41) is 0. The first kappa shape index (κ1) is 34.0. The molecule has 0 saturated heterocycles. The first-order valence-electron chi connectivity index (χ1n) is 14.5. The Hall–Kier alpha value is -2.45. The predicted molar refractivity (Wildman–Crippen MR) is 168 cm³/mol. The van der Waals surface area contributed by atoms with Gasteiger partial charge in [-0.15, -0.1) is 58.7 Å². The maximum absolute atomic E-state index is 2.48. The molecule has 2 aliphatic carbocycles. The van der Waals surface area contributed by atoms with Crippen LogP contribution in [0.2, 0.25) is 0 Å². The van der Waals surface area contributed by atoms with Gasteiger partial charge < -0.3 is 24.8 Å². The molecule has 6 rings (SSSR count). The van der Waals surface area contributed by atoms with Gasteiger partial charge in [-0.3, -0.25) is 0 Å². The van der Waals surface area contributed by atoms with Crippen molar-refractivity contribution < 1.29 is 50.7 Å². The standard InChI is InChI=1S/C39H38.2ClH.Hf/c1-5-27-25-31-21-13-15-23-33(29-17-9-7-10-18-29)35(31)37(27)39(3,4)38-28(6-2)26-32-22-14-16-24-34(36(32)38)30-19-11-8-12-20-30;;;/h7-26,33-34H,5-6H2,1-4H3;2*1H;/q-2;;;+4/p-2. The molecule has 0 nitrogen and oxygen atoms in total. The summed E-state index contributed by atoms with van der Waals surface area (Å²) in [4.78, 5) is 0. The van der Waals surface area contributed by atoms with Crippen LogP contribution in [0, 0.1) is 0 Å². The molecule has 42 heavy (non-hydrogen) atoms. The maximum atomic E-state index is 2.48. The van der Waals surface area contributed by atoms with Crippen LogP contribution in [0.1, 0.15) is 95.2 Å². The Labute approximate surface area is 283 Å². The summed E-state index contributed by atoms with van der Waals surface area (Å²) in [5.74, 6) is 0.461. The first-order valence-corrected chi connectivity index (χ1v) is 14.5. The van der Waals surface area contributed by atoms with Crippen molar-refractivity contribution in [2.75, 3.05) is 0 Å². The number of hydrogen-bond acceptors (Lipinski definition) is 0. The zero-order valence-corrected chi connectivity index (χ0v) is 30.0. The minimum Gasteiger partial charge on any atom is -1.00 e. The fraction of sp³-hybridized carbons (Fsp3) is 0.231. The number of halogens is 2. The molecule has 0 amide bonds. The van der Waals surface area contributed by atoms with E-state index in [1.807, 2.05) is 0 Å². The fourth-order valence-electron chi connectivity index (χ4n) is 7.15.